The van der Waals surface area contributed by atoms with Crippen LogP contribution in [0.2, 0.25) is 0 Å². The summed E-state index contributed by atoms with van der Waals surface area (Å²) < 4.78 is 0. The molecule has 3 N–H and O–H groups in total. The average molecular weight is 239 g/mol. The third-order valence-electron chi connectivity index (χ3n) is 2.43. The summed E-state index contributed by atoms with van der Waals surface area (Å²) in [7, 11) is 1.75. The first-order valence-corrected chi connectivity index (χ1v) is 5.68. The zero-order valence-corrected chi connectivity index (χ0v) is 10.9. The second-order valence-corrected chi connectivity index (χ2v) is 5.08. The van der Waals surface area contributed by atoms with Crippen LogP contribution in [0.4, 0.5) is 0 Å². The summed E-state index contributed by atoms with van der Waals surface area (Å²) in [4.78, 5) is 17.6. The predicted octanol–water partition coefficient (Wildman–Crippen LogP) is 0.589. The molecule has 0 atom stereocenters. The van der Waals surface area contributed by atoms with Crippen molar-refractivity contribution in [1.29, 1.82) is 0 Å². The Morgan fingerprint density at radius 1 is 1.53 bits per heavy atom. The number of nitrogens with two attached hydrogens (primary N) is 1. The lowest BCUT2D eigenvalue weighted by molar-refractivity contribution is -0.130. The normalized spacial score (nSPS) is 11.6. The van der Waals surface area contributed by atoms with Gasteiger partial charge < -0.3 is 10.6 Å². The van der Waals surface area contributed by atoms with Crippen molar-refractivity contribution in [2.45, 2.75) is 45.7 Å². The third kappa shape index (κ3) is 4.95. The maximum Gasteiger partial charge on any atom is 0.222 e. The molecule has 0 aliphatic rings. The molecular formula is C11H21N5O. The molecule has 0 bridgehead atoms. The summed E-state index contributed by atoms with van der Waals surface area (Å²) in [5, 5.41) is 6.74. The fourth-order valence-corrected chi connectivity index (χ4v) is 1.38. The summed E-state index contributed by atoms with van der Waals surface area (Å²) in [6, 6.07) is 0. The van der Waals surface area contributed by atoms with Crippen LogP contribution in [0.1, 0.15) is 38.3 Å². The summed E-state index contributed by atoms with van der Waals surface area (Å²) in [6.07, 6.45) is 1.12. The molecule has 0 aliphatic heterocycles. The fraction of sp³-hybridized carbons (Fsp3) is 0.727. The highest BCUT2D eigenvalue weighted by Crippen LogP contribution is 2.09. The van der Waals surface area contributed by atoms with E-state index in [1.54, 1.807) is 11.9 Å². The summed E-state index contributed by atoms with van der Waals surface area (Å²) >= 11 is 0. The van der Waals surface area contributed by atoms with Crippen LogP contribution >= 0.6 is 0 Å². The van der Waals surface area contributed by atoms with Gasteiger partial charge in [-0.15, -0.1) is 0 Å². The molecule has 1 heterocycles. The Kier molecular flexibility index (Phi) is 4.22. The lowest BCUT2D eigenvalue weighted by atomic mass is 10.00. The lowest BCUT2D eigenvalue weighted by Crippen LogP contribution is -2.35. The van der Waals surface area contributed by atoms with Gasteiger partial charge in [0.15, 0.2) is 5.82 Å². The van der Waals surface area contributed by atoms with Crippen LogP contribution in [-0.2, 0) is 11.3 Å². The maximum absolute atomic E-state index is 11.8. The number of aromatic amines is 1. The molecule has 0 saturated carbocycles. The molecule has 6 heteroatoms. The number of amides is 1. The Bertz CT molecular complexity index is 379. The minimum Gasteiger partial charge on any atom is -0.338 e. The smallest absolute Gasteiger partial charge is 0.222 e. The van der Waals surface area contributed by atoms with E-state index in [0.717, 1.165) is 5.82 Å². The average Bonchev–Trinajstić information content (AvgIpc) is 2.59. The molecule has 6 nitrogen and oxygen atoms in total. The van der Waals surface area contributed by atoms with Crippen LogP contribution in [0.3, 0.4) is 0 Å². The molecule has 1 rings (SSSR count). The van der Waals surface area contributed by atoms with Gasteiger partial charge in [-0.3, -0.25) is 9.89 Å². The number of aromatic nitrogens is 3. The molecule has 0 unspecified atom stereocenters. The second kappa shape index (κ2) is 5.27. The standard InChI is InChI=1S/C11H21N5O/c1-8-13-9(15-14-8)7-16(4)10(17)5-6-11(2,3)12/h5-7,12H2,1-4H3,(H,13,14,15). The van der Waals surface area contributed by atoms with Crippen LogP contribution in [0, 0.1) is 6.92 Å². The molecule has 17 heavy (non-hydrogen) atoms. The zero-order chi connectivity index (χ0) is 13.1. The van der Waals surface area contributed by atoms with Crippen molar-refractivity contribution in [1.82, 2.24) is 20.1 Å². The van der Waals surface area contributed by atoms with Gasteiger partial charge in [-0.2, -0.15) is 5.10 Å². The number of hydrogen-bond acceptors (Lipinski definition) is 4. The van der Waals surface area contributed by atoms with E-state index < -0.39 is 0 Å². The highest BCUT2D eigenvalue weighted by Gasteiger charge is 2.16. The number of carbonyl (C=O) groups is 1. The summed E-state index contributed by atoms with van der Waals surface area (Å²) in [5.41, 5.74) is 5.53. The van der Waals surface area contributed by atoms with Crippen molar-refractivity contribution in [3.8, 4) is 0 Å². The van der Waals surface area contributed by atoms with E-state index in [1.165, 1.54) is 0 Å². The SMILES string of the molecule is Cc1nc(CN(C)C(=O)CCC(C)(C)N)n[nH]1. The first-order valence-electron chi connectivity index (χ1n) is 5.68. The first kappa shape index (κ1) is 13.6. The first-order chi connectivity index (χ1) is 7.78. The molecule has 0 radical (unpaired) electrons. The Hall–Kier alpha value is -1.43. The molecule has 0 saturated heterocycles. The number of nitrogens with one attached hydrogen (secondary N) is 1. The van der Waals surface area contributed by atoms with Crippen molar-refractivity contribution >= 4 is 5.91 Å². The number of aryl methyl sites for hydroxylation is 1. The molecule has 1 amide bonds. The third-order valence-corrected chi connectivity index (χ3v) is 2.43. The topological polar surface area (TPSA) is 87.9 Å². The van der Waals surface area contributed by atoms with Gasteiger partial charge in [0.2, 0.25) is 5.91 Å². The van der Waals surface area contributed by atoms with Gasteiger partial charge in [0, 0.05) is 19.0 Å². The Morgan fingerprint density at radius 3 is 2.65 bits per heavy atom. The monoisotopic (exact) mass is 239 g/mol. The van der Waals surface area contributed by atoms with Gasteiger partial charge in [-0.1, -0.05) is 0 Å². The number of carbonyl (C=O) groups excluding carboxylic acids is 1. The highest BCUT2D eigenvalue weighted by molar-refractivity contribution is 5.75. The van der Waals surface area contributed by atoms with Crippen molar-refractivity contribution in [2.24, 2.45) is 5.73 Å². The fourth-order valence-electron chi connectivity index (χ4n) is 1.38. The number of rotatable bonds is 5. The van der Waals surface area contributed by atoms with E-state index in [1.807, 2.05) is 20.8 Å². The van der Waals surface area contributed by atoms with Crippen LogP contribution in [0.25, 0.3) is 0 Å². The molecule has 0 fully saturated rings. The van der Waals surface area contributed by atoms with Gasteiger partial charge in [0.25, 0.3) is 0 Å². The molecule has 1 aromatic heterocycles. The minimum atomic E-state index is -0.308. The minimum absolute atomic E-state index is 0.0611. The molecule has 1 aromatic rings. The highest BCUT2D eigenvalue weighted by atomic mass is 16.2. The van der Waals surface area contributed by atoms with Crippen molar-refractivity contribution in [3.63, 3.8) is 0 Å². The van der Waals surface area contributed by atoms with E-state index in [2.05, 4.69) is 15.2 Å². The van der Waals surface area contributed by atoms with E-state index in [-0.39, 0.29) is 11.4 Å². The number of nitrogens with zero attached hydrogens (tertiary/aromatic N) is 3. The molecule has 96 valence electrons. The van der Waals surface area contributed by atoms with E-state index in [4.69, 9.17) is 5.73 Å². The summed E-state index contributed by atoms with van der Waals surface area (Å²) in [5.74, 6) is 1.44. The van der Waals surface area contributed by atoms with E-state index in [9.17, 15) is 4.79 Å². The van der Waals surface area contributed by atoms with Crippen molar-refractivity contribution in [3.05, 3.63) is 11.6 Å². The van der Waals surface area contributed by atoms with Gasteiger partial charge in [0.1, 0.15) is 5.82 Å². The number of hydrogen-bond donors (Lipinski definition) is 2. The van der Waals surface area contributed by atoms with Crippen molar-refractivity contribution < 1.29 is 4.79 Å². The maximum atomic E-state index is 11.8. The van der Waals surface area contributed by atoms with Crippen LogP contribution in [0.15, 0.2) is 0 Å². The Balaban J connectivity index is 2.42. The quantitative estimate of drug-likeness (QED) is 0.787. The Morgan fingerprint density at radius 2 is 2.18 bits per heavy atom. The molecule has 0 aromatic carbocycles. The van der Waals surface area contributed by atoms with Crippen LogP contribution < -0.4 is 5.73 Å². The van der Waals surface area contributed by atoms with Crippen LogP contribution in [0.5, 0.6) is 0 Å². The Labute approximate surface area is 102 Å². The summed E-state index contributed by atoms with van der Waals surface area (Å²) in [6.45, 7) is 6.08. The van der Waals surface area contributed by atoms with Gasteiger partial charge in [-0.25, -0.2) is 4.98 Å². The van der Waals surface area contributed by atoms with Gasteiger partial charge >= 0.3 is 0 Å². The molecular weight excluding hydrogens is 218 g/mol. The number of H-pyrrole nitrogens is 1. The molecule has 0 aliphatic carbocycles. The lowest BCUT2D eigenvalue weighted by Gasteiger charge is -2.20. The van der Waals surface area contributed by atoms with Crippen molar-refractivity contribution in [2.75, 3.05) is 7.05 Å². The largest absolute Gasteiger partial charge is 0.338 e. The van der Waals surface area contributed by atoms with Gasteiger partial charge in [-0.05, 0) is 27.2 Å². The predicted molar refractivity (Wildman–Crippen MR) is 65.1 cm³/mol. The van der Waals surface area contributed by atoms with Crippen LogP contribution in [-0.4, -0.2) is 38.6 Å². The van der Waals surface area contributed by atoms with E-state index in [0.29, 0.717) is 25.2 Å². The van der Waals surface area contributed by atoms with E-state index >= 15 is 0 Å². The zero-order valence-electron chi connectivity index (χ0n) is 10.9. The second-order valence-electron chi connectivity index (χ2n) is 5.08. The molecule has 0 spiro atoms. The van der Waals surface area contributed by atoms with Gasteiger partial charge in [0.05, 0.1) is 6.54 Å².